The van der Waals surface area contributed by atoms with Crippen LogP contribution >= 0.6 is 0 Å². The van der Waals surface area contributed by atoms with Gasteiger partial charge in [-0.25, -0.2) is 0 Å². The van der Waals surface area contributed by atoms with Crippen molar-refractivity contribution in [2.45, 2.75) is 38.7 Å². The molecule has 0 spiro atoms. The minimum atomic E-state index is -0.650. The molecule has 0 bridgehead atoms. The molecule has 2 atom stereocenters. The molecule has 2 unspecified atom stereocenters. The molecule has 0 heterocycles. The van der Waals surface area contributed by atoms with Crippen LogP contribution in [0.5, 0.6) is 0 Å². The Bertz CT molecular complexity index is 403. The van der Waals surface area contributed by atoms with Gasteiger partial charge in [0.25, 0.3) is 0 Å². The van der Waals surface area contributed by atoms with E-state index in [-0.39, 0.29) is 25.0 Å². The van der Waals surface area contributed by atoms with E-state index in [0.717, 1.165) is 12.0 Å². The molecule has 1 rings (SSSR count). The van der Waals surface area contributed by atoms with Crippen molar-refractivity contribution in [3.05, 3.63) is 35.4 Å². The normalized spacial score (nSPS) is 13.8. The largest absolute Gasteiger partial charge is 0.389 e. The number of ether oxygens (including phenoxy) is 1. The Morgan fingerprint density at radius 1 is 1.35 bits per heavy atom. The van der Waals surface area contributed by atoms with E-state index in [9.17, 15) is 9.90 Å². The van der Waals surface area contributed by atoms with Crippen LogP contribution in [-0.2, 0) is 16.0 Å². The summed E-state index contributed by atoms with van der Waals surface area (Å²) in [4.78, 5) is 11.8. The average Bonchev–Trinajstić information content (AvgIpc) is 2.45. The first-order chi connectivity index (χ1) is 9.56. The quantitative estimate of drug-likeness (QED) is 0.763. The highest BCUT2D eigenvalue weighted by atomic mass is 16.5. The van der Waals surface area contributed by atoms with Gasteiger partial charge in [-0.05, 0) is 23.5 Å². The van der Waals surface area contributed by atoms with Crippen molar-refractivity contribution in [3.63, 3.8) is 0 Å². The highest BCUT2D eigenvalue weighted by Gasteiger charge is 2.12. The van der Waals surface area contributed by atoms with Crippen molar-refractivity contribution in [1.29, 1.82) is 0 Å². The SMILES string of the molecule is CCc1ccc(C(C)CC(=O)NCC(O)COC)cc1. The van der Waals surface area contributed by atoms with E-state index < -0.39 is 6.10 Å². The molecule has 4 heteroatoms. The van der Waals surface area contributed by atoms with Gasteiger partial charge >= 0.3 is 0 Å². The number of aryl methyl sites for hydroxylation is 1. The van der Waals surface area contributed by atoms with Crippen molar-refractivity contribution in [2.75, 3.05) is 20.3 Å². The summed E-state index contributed by atoms with van der Waals surface area (Å²) in [5.41, 5.74) is 2.46. The smallest absolute Gasteiger partial charge is 0.220 e. The van der Waals surface area contributed by atoms with E-state index >= 15 is 0 Å². The summed E-state index contributed by atoms with van der Waals surface area (Å²) in [7, 11) is 1.52. The highest BCUT2D eigenvalue weighted by Crippen LogP contribution is 2.19. The maximum atomic E-state index is 11.8. The van der Waals surface area contributed by atoms with Gasteiger partial charge in [0.2, 0.25) is 5.91 Å². The van der Waals surface area contributed by atoms with Gasteiger partial charge in [0.05, 0.1) is 12.7 Å². The lowest BCUT2D eigenvalue weighted by Gasteiger charge is -2.14. The Morgan fingerprint density at radius 2 is 2.00 bits per heavy atom. The third-order valence-electron chi connectivity index (χ3n) is 3.34. The minimum absolute atomic E-state index is 0.0489. The van der Waals surface area contributed by atoms with E-state index in [1.165, 1.54) is 12.7 Å². The van der Waals surface area contributed by atoms with Gasteiger partial charge in [-0.1, -0.05) is 38.1 Å². The number of rotatable bonds is 8. The molecule has 0 saturated carbocycles. The lowest BCUT2D eigenvalue weighted by molar-refractivity contribution is -0.122. The number of aliphatic hydroxyl groups is 1. The van der Waals surface area contributed by atoms with Crippen LogP contribution in [0.15, 0.2) is 24.3 Å². The Labute approximate surface area is 121 Å². The number of hydrogen-bond acceptors (Lipinski definition) is 3. The van der Waals surface area contributed by atoms with Gasteiger partial charge in [-0.15, -0.1) is 0 Å². The Hall–Kier alpha value is -1.39. The van der Waals surface area contributed by atoms with Crippen LogP contribution in [0, 0.1) is 0 Å². The standard InChI is InChI=1S/C16H25NO3/c1-4-13-5-7-14(8-6-13)12(2)9-16(19)17-10-15(18)11-20-3/h5-8,12,15,18H,4,9-11H2,1-3H3,(H,17,19). The number of aliphatic hydroxyl groups excluding tert-OH is 1. The van der Waals surface area contributed by atoms with E-state index in [4.69, 9.17) is 4.74 Å². The van der Waals surface area contributed by atoms with Crippen molar-refractivity contribution in [1.82, 2.24) is 5.32 Å². The fourth-order valence-electron chi connectivity index (χ4n) is 2.03. The molecule has 0 aromatic heterocycles. The Balaban J connectivity index is 2.40. The van der Waals surface area contributed by atoms with Crippen molar-refractivity contribution < 1.29 is 14.6 Å². The minimum Gasteiger partial charge on any atom is -0.389 e. The van der Waals surface area contributed by atoms with Crippen LogP contribution in [0.3, 0.4) is 0 Å². The molecule has 0 radical (unpaired) electrons. The molecular formula is C16H25NO3. The van der Waals surface area contributed by atoms with Gasteiger partial charge in [0, 0.05) is 20.1 Å². The number of hydrogen-bond donors (Lipinski definition) is 2. The second-order valence-electron chi connectivity index (χ2n) is 5.11. The second kappa shape index (κ2) is 8.72. The van der Waals surface area contributed by atoms with E-state index in [1.807, 2.05) is 6.92 Å². The summed E-state index contributed by atoms with van der Waals surface area (Å²) in [5.74, 6) is 0.118. The van der Waals surface area contributed by atoms with Gasteiger partial charge in [0.15, 0.2) is 0 Å². The van der Waals surface area contributed by atoms with Crippen molar-refractivity contribution in [3.8, 4) is 0 Å². The fourth-order valence-corrected chi connectivity index (χ4v) is 2.03. The Kier molecular flexibility index (Phi) is 7.26. The number of amides is 1. The summed E-state index contributed by atoms with van der Waals surface area (Å²) in [6.07, 6.45) is 0.792. The zero-order valence-electron chi connectivity index (χ0n) is 12.6. The van der Waals surface area contributed by atoms with Crippen molar-refractivity contribution in [2.24, 2.45) is 0 Å². The van der Waals surface area contributed by atoms with Crippen LogP contribution in [0.4, 0.5) is 0 Å². The third-order valence-corrected chi connectivity index (χ3v) is 3.34. The molecule has 0 aliphatic carbocycles. The first-order valence-electron chi connectivity index (χ1n) is 7.09. The highest BCUT2D eigenvalue weighted by molar-refractivity contribution is 5.76. The second-order valence-corrected chi connectivity index (χ2v) is 5.11. The zero-order valence-corrected chi connectivity index (χ0v) is 12.6. The van der Waals surface area contributed by atoms with Gasteiger partial charge in [-0.2, -0.15) is 0 Å². The summed E-state index contributed by atoms with van der Waals surface area (Å²) < 4.78 is 4.81. The predicted molar refractivity (Wildman–Crippen MR) is 79.7 cm³/mol. The molecule has 1 aromatic carbocycles. The number of nitrogens with one attached hydrogen (secondary N) is 1. The maximum Gasteiger partial charge on any atom is 0.220 e. The number of carbonyl (C=O) groups is 1. The molecule has 2 N–H and O–H groups in total. The first kappa shape index (κ1) is 16.7. The molecule has 112 valence electrons. The molecule has 0 saturated heterocycles. The molecule has 1 aromatic rings. The van der Waals surface area contributed by atoms with Crippen LogP contribution in [0.1, 0.15) is 37.3 Å². The molecule has 20 heavy (non-hydrogen) atoms. The number of carbonyl (C=O) groups excluding carboxylic acids is 1. The first-order valence-corrected chi connectivity index (χ1v) is 7.09. The van der Waals surface area contributed by atoms with Gasteiger partial charge in [0.1, 0.15) is 0 Å². The summed E-state index contributed by atoms with van der Waals surface area (Å²) >= 11 is 0. The topological polar surface area (TPSA) is 58.6 Å². The monoisotopic (exact) mass is 279 g/mol. The molecule has 0 aliphatic rings. The fraction of sp³-hybridized carbons (Fsp3) is 0.562. The summed E-state index contributed by atoms with van der Waals surface area (Å²) in [6, 6.07) is 8.37. The molecule has 1 amide bonds. The zero-order chi connectivity index (χ0) is 15.0. The average molecular weight is 279 g/mol. The summed E-state index contributed by atoms with van der Waals surface area (Å²) in [5, 5.41) is 12.2. The molecule has 0 fully saturated rings. The molecule has 4 nitrogen and oxygen atoms in total. The third kappa shape index (κ3) is 5.72. The lowest BCUT2D eigenvalue weighted by Crippen LogP contribution is -2.34. The van der Waals surface area contributed by atoms with E-state index in [0.29, 0.717) is 6.42 Å². The van der Waals surface area contributed by atoms with Crippen LogP contribution < -0.4 is 5.32 Å². The number of benzene rings is 1. The van der Waals surface area contributed by atoms with E-state index in [2.05, 4.69) is 36.5 Å². The van der Waals surface area contributed by atoms with Gasteiger partial charge in [-0.3, -0.25) is 4.79 Å². The lowest BCUT2D eigenvalue weighted by atomic mass is 9.96. The van der Waals surface area contributed by atoms with Crippen LogP contribution in [-0.4, -0.2) is 37.4 Å². The van der Waals surface area contributed by atoms with Crippen LogP contribution in [0.25, 0.3) is 0 Å². The summed E-state index contributed by atoms with van der Waals surface area (Å²) in [6.45, 7) is 4.62. The molecular weight excluding hydrogens is 254 g/mol. The Morgan fingerprint density at radius 3 is 2.55 bits per heavy atom. The molecule has 0 aliphatic heterocycles. The van der Waals surface area contributed by atoms with Crippen LogP contribution in [0.2, 0.25) is 0 Å². The predicted octanol–water partition coefficient (Wildman–Crippen LogP) is 1.87. The maximum absolute atomic E-state index is 11.8. The van der Waals surface area contributed by atoms with Gasteiger partial charge < -0.3 is 15.2 Å². The van der Waals surface area contributed by atoms with Crippen molar-refractivity contribution >= 4 is 5.91 Å². The number of methoxy groups -OCH3 is 1. The van der Waals surface area contributed by atoms with E-state index in [1.54, 1.807) is 0 Å².